The summed E-state index contributed by atoms with van der Waals surface area (Å²) in [5.74, 6) is -0.0530. The second kappa shape index (κ2) is 7.52. The number of benzene rings is 3. The van der Waals surface area contributed by atoms with E-state index >= 15 is 0 Å². The zero-order valence-electron chi connectivity index (χ0n) is 14.1. The molecule has 26 heavy (non-hydrogen) atoms. The van der Waals surface area contributed by atoms with Crippen molar-refractivity contribution in [3.63, 3.8) is 0 Å². The number of fused-ring (bicyclic) bond motifs is 1. The van der Waals surface area contributed by atoms with E-state index in [0.717, 1.165) is 16.5 Å². The Morgan fingerprint density at radius 2 is 1.85 bits per heavy atom. The summed E-state index contributed by atoms with van der Waals surface area (Å²) in [5, 5.41) is 18.7. The first kappa shape index (κ1) is 17.2. The lowest BCUT2D eigenvalue weighted by atomic mass is 10.1. The molecule has 0 radical (unpaired) electrons. The number of hydrogen-bond acceptors (Lipinski definition) is 5. The van der Waals surface area contributed by atoms with Gasteiger partial charge in [-0.25, -0.2) is 0 Å². The highest BCUT2D eigenvalue weighted by atomic mass is 16.6. The minimum Gasteiger partial charge on any atom is -0.494 e. The lowest BCUT2D eigenvalue weighted by Crippen LogP contribution is -2.22. The van der Waals surface area contributed by atoms with Crippen LogP contribution < -0.4 is 15.4 Å². The molecule has 0 unspecified atom stereocenters. The number of nitro benzene ring substituents is 1. The molecule has 0 saturated carbocycles. The lowest BCUT2D eigenvalue weighted by molar-refractivity contribution is -0.384. The van der Waals surface area contributed by atoms with Crippen LogP contribution in [0.4, 0.5) is 17.1 Å². The molecule has 0 fully saturated rings. The smallest absolute Gasteiger partial charge is 0.273 e. The van der Waals surface area contributed by atoms with E-state index in [-0.39, 0.29) is 23.9 Å². The predicted octanol–water partition coefficient (Wildman–Crippen LogP) is 3.81. The summed E-state index contributed by atoms with van der Waals surface area (Å²) in [5.41, 5.74) is 1.13. The van der Waals surface area contributed by atoms with Crippen molar-refractivity contribution >= 4 is 33.7 Å². The standard InChI is InChI=1S/C19H17N3O4/c1-26-18-11-14(22(24)25)9-10-17(18)21-19(23)12-20-16-8-4-6-13-5-2-3-7-15(13)16/h2-11,20H,12H2,1H3,(H,21,23). The summed E-state index contributed by atoms with van der Waals surface area (Å²) >= 11 is 0. The first-order valence-corrected chi connectivity index (χ1v) is 7.92. The van der Waals surface area contributed by atoms with Gasteiger partial charge in [-0.1, -0.05) is 36.4 Å². The van der Waals surface area contributed by atoms with Crippen LogP contribution in [0.3, 0.4) is 0 Å². The van der Waals surface area contributed by atoms with E-state index in [1.54, 1.807) is 0 Å². The van der Waals surface area contributed by atoms with Gasteiger partial charge in [0.1, 0.15) is 5.75 Å². The van der Waals surface area contributed by atoms with Crippen LogP contribution in [0.15, 0.2) is 60.7 Å². The third-order valence-corrected chi connectivity index (χ3v) is 3.90. The Balaban J connectivity index is 1.70. The average Bonchev–Trinajstić information content (AvgIpc) is 2.66. The Bertz CT molecular complexity index is 967. The molecule has 0 aromatic heterocycles. The minimum atomic E-state index is -0.518. The summed E-state index contributed by atoms with van der Waals surface area (Å²) in [7, 11) is 1.39. The molecule has 3 aromatic carbocycles. The van der Waals surface area contributed by atoms with E-state index < -0.39 is 4.92 Å². The number of hydrogen-bond donors (Lipinski definition) is 2. The Labute approximate surface area is 149 Å². The number of ether oxygens (including phenoxy) is 1. The van der Waals surface area contributed by atoms with Gasteiger partial charge in [0.15, 0.2) is 0 Å². The van der Waals surface area contributed by atoms with Crippen molar-refractivity contribution in [2.24, 2.45) is 0 Å². The number of amides is 1. The summed E-state index contributed by atoms with van der Waals surface area (Å²) in [4.78, 5) is 22.5. The molecule has 7 nitrogen and oxygen atoms in total. The summed E-state index contributed by atoms with van der Waals surface area (Å²) in [6, 6.07) is 17.7. The Morgan fingerprint density at radius 3 is 2.62 bits per heavy atom. The normalized spacial score (nSPS) is 10.3. The van der Waals surface area contributed by atoms with E-state index in [9.17, 15) is 14.9 Å². The average molecular weight is 351 g/mol. The fourth-order valence-electron chi connectivity index (χ4n) is 2.65. The van der Waals surface area contributed by atoms with Crippen molar-refractivity contribution in [1.82, 2.24) is 0 Å². The van der Waals surface area contributed by atoms with Gasteiger partial charge >= 0.3 is 0 Å². The van der Waals surface area contributed by atoms with Crippen LogP contribution in [0.1, 0.15) is 0 Å². The van der Waals surface area contributed by atoms with Gasteiger partial charge in [0.05, 0.1) is 30.3 Å². The second-order valence-electron chi connectivity index (χ2n) is 5.57. The molecule has 1 amide bonds. The molecule has 0 aliphatic rings. The first-order valence-electron chi connectivity index (χ1n) is 7.92. The minimum absolute atomic E-state index is 0.0498. The number of nitro groups is 1. The highest BCUT2D eigenvalue weighted by Gasteiger charge is 2.13. The van der Waals surface area contributed by atoms with Crippen molar-refractivity contribution < 1.29 is 14.5 Å². The number of carbonyl (C=O) groups is 1. The molecule has 3 rings (SSSR count). The third kappa shape index (κ3) is 3.72. The third-order valence-electron chi connectivity index (χ3n) is 3.90. The number of carbonyl (C=O) groups excluding carboxylic acids is 1. The molecule has 0 spiro atoms. The largest absolute Gasteiger partial charge is 0.494 e. The second-order valence-corrected chi connectivity index (χ2v) is 5.57. The number of nitrogens with one attached hydrogen (secondary N) is 2. The van der Waals surface area contributed by atoms with Crippen molar-refractivity contribution in [2.75, 3.05) is 24.3 Å². The van der Waals surface area contributed by atoms with Crippen LogP contribution in [0.25, 0.3) is 10.8 Å². The van der Waals surface area contributed by atoms with Gasteiger partial charge in [-0.15, -0.1) is 0 Å². The topological polar surface area (TPSA) is 93.5 Å². The Morgan fingerprint density at radius 1 is 1.08 bits per heavy atom. The van der Waals surface area contributed by atoms with E-state index in [2.05, 4.69) is 10.6 Å². The van der Waals surface area contributed by atoms with Crippen LogP contribution in [-0.2, 0) is 4.79 Å². The number of nitrogens with zero attached hydrogens (tertiary/aromatic N) is 1. The quantitative estimate of drug-likeness (QED) is 0.520. The lowest BCUT2D eigenvalue weighted by Gasteiger charge is -2.12. The number of methoxy groups -OCH3 is 1. The molecule has 0 atom stereocenters. The SMILES string of the molecule is COc1cc([N+](=O)[O-])ccc1NC(=O)CNc1cccc2ccccc12. The van der Waals surface area contributed by atoms with Gasteiger partial charge < -0.3 is 15.4 Å². The fourth-order valence-corrected chi connectivity index (χ4v) is 2.65. The monoisotopic (exact) mass is 351 g/mol. The van der Waals surface area contributed by atoms with Crippen molar-refractivity contribution in [3.8, 4) is 5.75 Å². The summed E-state index contributed by atoms with van der Waals surface area (Å²) < 4.78 is 5.12. The van der Waals surface area contributed by atoms with Crippen LogP contribution >= 0.6 is 0 Å². The van der Waals surface area contributed by atoms with E-state index in [1.807, 2.05) is 42.5 Å². The number of anilines is 2. The Hall–Kier alpha value is -3.61. The number of rotatable bonds is 6. The molecular weight excluding hydrogens is 334 g/mol. The highest BCUT2D eigenvalue weighted by molar-refractivity contribution is 5.98. The molecule has 2 N–H and O–H groups in total. The van der Waals surface area contributed by atoms with Crippen LogP contribution in [-0.4, -0.2) is 24.5 Å². The molecule has 132 valence electrons. The van der Waals surface area contributed by atoms with E-state index in [4.69, 9.17) is 4.74 Å². The van der Waals surface area contributed by atoms with Gasteiger partial charge in [0.25, 0.3) is 5.69 Å². The molecule has 0 bridgehead atoms. The van der Waals surface area contributed by atoms with Crippen molar-refractivity contribution in [2.45, 2.75) is 0 Å². The highest BCUT2D eigenvalue weighted by Crippen LogP contribution is 2.29. The maximum atomic E-state index is 12.2. The van der Waals surface area contributed by atoms with E-state index in [0.29, 0.717) is 5.69 Å². The summed E-state index contributed by atoms with van der Waals surface area (Å²) in [6.45, 7) is 0.0498. The molecular formula is C19H17N3O4. The van der Waals surface area contributed by atoms with Gasteiger partial charge in [0, 0.05) is 17.1 Å². The summed E-state index contributed by atoms with van der Waals surface area (Å²) in [6.07, 6.45) is 0. The maximum absolute atomic E-state index is 12.2. The molecule has 0 saturated heterocycles. The van der Waals surface area contributed by atoms with Crippen LogP contribution in [0.5, 0.6) is 5.75 Å². The van der Waals surface area contributed by atoms with Crippen LogP contribution in [0.2, 0.25) is 0 Å². The van der Waals surface area contributed by atoms with Crippen molar-refractivity contribution in [3.05, 3.63) is 70.8 Å². The Kier molecular flexibility index (Phi) is 4.98. The van der Waals surface area contributed by atoms with Gasteiger partial charge in [-0.2, -0.15) is 0 Å². The predicted molar refractivity (Wildman–Crippen MR) is 101 cm³/mol. The zero-order valence-corrected chi connectivity index (χ0v) is 14.1. The van der Waals surface area contributed by atoms with E-state index in [1.165, 1.54) is 25.3 Å². The first-order chi connectivity index (χ1) is 12.6. The zero-order chi connectivity index (χ0) is 18.5. The fraction of sp³-hybridized carbons (Fsp3) is 0.105. The van der Waals surface area contributed by atoms with Gasteiger partial charge in [-0.05, 0) is 17.5 Å². The maximum Gasteiger partial charge on any atom is 0.273 e. The van der Waals surface area contributed by atoms with Crippen LogP contribution in [0, 0.1) is 10.1 Å². The molecule has 3 aromatic rings. The number of non-ortho nitro benzene ring substituents is 1. The molecule has 7 heteroatoms. The van der Waals surface area contributed by atoms with Crippen molar-refractivity contribution in [1.29, 1.82) is 0 Å². The molecule has 0 aliphatic heterocycles. The molecule has 0 aliphatic carbocycles. The van der Waals surface area contributed by atoms with Gasteiger partial charge in [0.2, 0.25) is 5.91 Å². The molecule has 0 heterocycles. The van der Waals surface area contributed by atoms with Gasteiger partial charge in [-0.3, -0.25) is 14.9 Å².